The maximum atomic E-state index is 9.15. The molecule has 4 heteroatoms. The molecule has 0 aliphatic rings. The molecule has 2 N–H and O–H groups in total. The largest absolute Gasteiger partial charge is 0.396 e. The maximum Gasteiger partial charge on any atom is 0.107 e. The van der Waals surface area contributed by atoms with Gasteiger partial charge in [0, 0.05) is 30.3 Å². The molecular weight excluding hydrogens is 244 g/mol. The molecule has 3 nitrogen and oxygen atoms in total. The molecule has 1 aromatic heterocycles. The Bertz CT molecular complexity index is 470. The van der Waals surface area contributed by atoms with Crippen LogP contribution >= 0.6 is 11.3 Å². The van der Waals surface area contributed by atoms with Gasteiger partial charge in [0.05, 0.1) is 0 Å². The van der Waals surface area contributed by atoms with E-state index >= 15 is 0 Å². The summed E-state index contributed by atoms with van der Waals surface area (Å²) in [4.78, 5) is 4.43. The van der Waals surface area contributed by atoms with Crippen molar-refractivity contribution in [1.82, 2.24) is 10.3 Å². The third-order valence-electron chi connectivity index (χ3n) is 2.79. The number of aryl methyl sites for hydroxylation is 1. The molecule has 0 aliphatic heterocycles. The van der Waals surface area contributed by atoms with E-state index in [9.17, 15) is 0 Å². The van der Waals surface area contributed by atoms with E-state index in [0.717, 1.165) is 17.2 Å². The molecule has 0 saturated heterocycles. The quantitative estimate of drug-likeness (QED) is 0.841. The molecule has 0 fully saturated rings. The number of thiazole rings is 1. The van der Waals surface area contributed by atoms with Crippen molar-refractivity contribution in [3.8, 4) is 0 Å². The van der Waals surface area contributed by atoms with E-state index in [-0.39, 0.29) is 12.6 Å². The van der Waals surface area contributed by atoms with Crippen LogP contribution in [0.2, 0.25) is 0 Å². The average molecular weight is 262 g/mol. The van der Waals surface area contributed by atoms with Crippen LogP contribution in [0.15, 0.2) is 35.7 Å². The average Bonchev–Trinajstić information content (AvgIpc) is 2.81. The topological polar surface area (TPSA) is 45.1 Å². The van der Waals surface area contributed by atoms with Crippen LogP contribution < -0.4 is 5.32 Å². The second kappa shape index (κ2) is 6.64. The minimum absolute atomic E-state index is 0.181. The molecule has 18 heavy (non-hydrogen) atoms. The zero-order valence-corrected chi connectivity index (χ0v) is 11.3. The lowest BCUT2D eigenvalue weighted by Crippen LogP contribution is -2.21. The zero-order chi connectivity index (χ0) is 12.8. The number of rotatable bonds is 6. The van der Waals surface area contributed by atoms with Crippen molar-refractivity contribution >= 4 is 11.3 Å². The highest BCUT2D eigenvalue weighted by Crippen LogP contribution is 2.17. The van der Waals surface area contributed by atoms with Crippen LogP contribution in [-0.2, 0) is 6.54 Å². The van der Waals surface area contributed by atoms with Gasteiger partial charge in [0.15, 0.2) is 0 Å². The lowest BCUT2D eigenvalue weighted by molar-refractivity contribution is 0.265. The molecule has 2 aromatic rings. The number of aromatic nitrogens is 1. The first-order chi connectivity index (χ1) is 8.79. The summed E-state index contributed by atoms with van der Waals surface area (Å²) in [6.45, 7) is 2.93. The van der Waals surface area contributed by atoms with Crippen molar-refractivity contribution in [3.05, 3.63) is 52.0 Å². The van der Waals surface area contributed by atoms with Crippen molar-refractivity contribution in [2.75, 3.05) is 6.61 Å². The summed E-state index contributed by atoms with van der Waals surface area (Å²) in [6.07, 6.45) is 0.717. The first kappa shape index (κ1) is 13.2. The molecule has 0 amide bonds. The Labute approximate surface area is 112 Å². The number of hydrogen-bond donors (Lipinski definition) is 2. The highest BCUT2D eigenvalue weighted by atomic mass is 32.1. The molecule has 0 radical (unpaired) electrons. The van der Waals surface area contributed by atoms with Crippen molar-refractivity contribution in [2.24, 2.45) is 0 Å². The molecule has 1 aromatic carbocycles. The SMILES string of the molecule is Cc1csc(CN[C@H](CCO)c2ccccc2)n1. The van der Waals surface area contributed by atoms with Crippen LogP contribution in [0.1, 0.15) is 28.7 Å². The number of nitrogens with zero attached hydrogens (tertiary/aromatic N) is 1. The maximum absolute atomic E-state index is 9.15. The Balaban J connectivity index is 1.98. The number of aliphatic hydroxyl groups is 1. The fourth-order valence-electron chi connectivity index (χ4n) is 1.90. The molecule has 0 bridgehead atoms. The summed E-state index contributed by atoms with van der Waals surface area (Å²) in [7, 11) is 0. The number of benzene rings is 1. The Morgan fingerprint density at radius 1 is 1.33 bits per heavy atom. The number of hydrogen-bond acceptors (Lipinski definition) is 4. The van der Waals surface area contributed by atoms with Gasteiger partial charge in [-0.2, -0.15) is 0 Å². The Morgan fingerprint density at radius 2 is 2.11 bits per heavy atom. The van der Waals surface area contributed by atoms with E-state index in [1.54, 1.807) is 11.3 Å². The molecule has 0 unspecified atom stereocenters. The van der Waals surface area contributed by atoms with E-state index in [1.165, 1.54) is 5.56 Å². The molecule has 1 atom stereocenters. The minimum atomic E-state index is 0.181. The third kappa shape index (κ3) is 3.63. The van der Waals surface area contributed by atoms with Gasteiger partial charge in [-0.25, -0.2) is 4.98 Å². The minimum Gasteiger partial charge on any atom is -0.396 e. The van der Waals surface area contributed by atoms with Crippen molar-refractivity contribution in [2.45, 2.75) is 25.9 Å². The number of aliphatic hydroxyl groups excluding tert-OH is 1. The summed E-state index contributed by atoms with van der Waals surface area (Å²) in [5.41, 5.74) is 2.27. The summed E-state index contributed by atoms with van der Waals surface area (Å²) in [5.74, 6) is 0. The second-order valence-corrected chi connectivity index (χ2v) is 5.18. The van der Waals surface area contributed by atoms with Gasteiger partial charge in [0.1, 0.15) is 5.01 Å². The molecule has 0 spiro atoms. The van der Waals surface area contributed by atoms with E-state index in [2.05, 4.69) is 27.8 Å². The van der Waals surface area contributed by atoms with Gasteiger partial charge in [-0.1, -0.05) is 30.3 Å². The van der Waals surface area contributed by atoms with Gasteiger partial charge >= 0.3 is 0 Å². The highest BCUT2D eigenvalue weighted by Gasteiger charge is 2.10. The first-order valence-electron chi connectivity index (χ1n) is 6.10. The van der Waals surface area contributed by atoms with Gasteiger partial charge in [-0.15, -0.1) is 11.3 Å². The van der Waals surface area contributed by atoms with Gasteiger partial charge in [-0.3, -0.25) is 0 Å². The van der Waals surface area contributed by atoms with Crippen molar-refractivity contribution < 1.29 is 5.11 Å². The van der Waals surface area contributed by atoms with Crippen molar-refractivity contribution in [1.29, 1.82) is 0 Å². The van der Waals surface area contributed by atoms with Gasteiger partial charge < -0.3 is 10.4 Å². The first-order valence-corrected chi connectivity index (χ1v) is 6.97. The lowest BCUT2D eigenvalue weighted by Gasteiger charge is -2.17. The van der Waals surface area contributed by atoms with E-state index in [0.29, 0.717) is 6.42 Å². The predicted octanol–water partition coefficient (Wildman–Crippen LogP) is 2.66. The van der Waals surface area contributed by atoms with Gasteiger partial charge in [-0.05, 0) is 18.9 Å². The fraction of sp³-hybridized carbons (Fsp3) is 0.357. The van der Waals surface area contributed by atoms with Gasteiger partial charge in [0.2, 0.25) is 0 Å². The Hall–Kier alpha value is -1.23. The standard InChI is InChI=1S/C14H18N2OS/c1-11-10-18-14(16-11)9-15-13(7-8-17)12-5-3-2-4-6-12/h2-6,10,13,15,17H,7-9H2,1H3/t13-/m1/s1. The molecule has 2 rings (SSSR count). The predicted molar refractivity (Wildman–Crippen MR) is 74.6 cm³/mol. The molecule has 0 aliphatic carbocycles. The molecule has 0 saturated carbocycles. The number of nitrogens with one attached hydrogen (secondary N) is 1. The monoisotopic (exact) mass is 262 g/mol. The van der Waals surface area contributed by atoms with Crippen LogP contribution in [0.4, 0.5) is 0 Å². The van der Waals surface area contributed by atoms with Crippen LogP contribution in [0, 0.1) is 6.92 Å². The van der Waals surface area contributed by atoms with E-state index in [1.807, 2.05) is 25.1 Å². The smallest absolute Gasteiger partial charge is 0.107 e. The summed E-state index contributed by atoms with van der Waals surface area (Å²) < 4.78 is 0. The Morgan fingerprint density at radius 3 is 2.72 bits per heavy atom. The van der Waals surface area contributed by atoms with E-state index in [4.69, 9.17) is 5.11 Å². The summed E-state index contributed by atoms with van der Waals surface area (Å²) >= 11 is 1.67. The molecule has 1 heterocycles. The molecular formula is C14H18N2OS. The lowest BCUT2D eigenvalue weighted by atomic mass is 10.0. The van der Waals surface area contributed by atoms with Crippen molar-refractivity contribution in [3.63, 3.8) is 0 Å². The van der Waals surface area contributed by atoms with Gasteiger partial charge in [0.25, 0.3) is 0 Å². The summed E-state index contributed by atoms with van der Waals surface area (Å²) in [6, 6.07) is 10.4. The van der Waals surface area contributed by atoms with Crippen LogP contribution in [0.3, 0.4) is 0 Å². The van der Waals surface area contributed by atoms with Crippen LogP contribution in [0.25, 0.3) is 0 Å². The summed E-state index contributed by atoms with van der Waals surface area (Å²) in [5, 5.41) is 15.7. The van der Waals surface area contributed by atoms with Crippen LogP contribution in [0.5, 0.6) is 0 Å². The van der Waals surface area contributed by atoms with Crippen LogP contribution in [-0.4, -0.2) is 16.7 Å². The highest BCUT2D eigenvalue weighted by molar-refractivity contribution is 7.09. The Kier molecular flexibility index (Phi) is 4.87. The molecule has 96 valence electrons. The van der Waals surface area contributed by atoms with E-state index < -0.39 is 0 Å². The zero-order valence-electron chi connectivity index (χ0n) is 10.5. The third-order valence-corrected chi connectivity index (χ3v) is 3.75. The fourth-order valence-corrected chi connectivity index (χ4v) is 2.62. The second-order valence-electron chi connectivity index (χ2n) is 4.24. The normalized spacial score (nSPS) is 12.6.